The van der Waals surface area contributed by atoms with Crippen LogP contribution in [0.3, 0.4) is 0 Å². The van der Waals surface area contributed by atoms with E-state index >= 15 is 0 Å². The van der Waals surface area contributed by atoms with Crippen molar-refractivity contribution in [3.63, 3.8) is 0 Å². The van der Waals surface area contributed by atoms with Crippen LogP contribution in [0.5, 0.6) is 0 Å². The van der Waals surface area contributed by atoms with Gasteiger partial charge in [0.1, 0.15) is 5.69 Å². The molecule has 0 aromatic heterocycles. The molecule has 0 saturated carbocycles. The summed E-state index contributed by atoms with van der Waals surface area (Å²) in [4.78, 5) is 15.2. The third kappa shape index (κ3) is 4.90. The number of nitrogens with one attached hydrogen (secondary N) is 1. The molecule has 1 aromatic carbocycles. The van der Waals surface area contributed by atoms with Crippen LogP contribution in [0.2, 0.25) is 0 Å². The van der Waals surface area contributed by atoms with Gasteiger partial charge in [0.15, 0.2) is 0 Å². The van der Waals surface area contributed by atoms with Crippen molar-refractivity contribution in [1.29, 1.82) is 0 Å². The standard InChI is InChI=1S/C16H26N4O4S/c1-4-7-18-8-10-19(11-9-18)15-6-5-14(12-16(15)20(21)22)25(23,24)17-13(2)3/h5-6,12-13,17H,4,7-11H2,1-3H3. The summed E-state index contributed by atoms with van der Waals surface area (Å²) < 4.78 is 27.0. The van der Waals surface area contributed by atoms with E-state index in [0.717, 1.165) is 32.1 Å². The first-order valence-electron chi connectivity index (χ1n) is 8.52. The maximum absolute atomic E-state index is 12.3. The molecule has 1 saturated heterocycles. The molecule has 0 amide bonds. The van der Waals surface area contributed by atoms with E-state index in [1.807, 2.05) is 4.90 Å². The average Bonchev–Trinajstić information content (AvgIpc) is 2.54. The Morgan fingerprint density at radius 1 is 1.24 bits per heavy atom. The highest BCUT2D eigenvalue weighted by Gasteiger charge is 2.26. The third-order valence-electron chi connectivity index (χ3n) is 4.10. The smallest absolute Gasteiger partial charge is 0.293 e. The number of nitro groups is 1. The Kier molecular flexibility index (Phi) is 6.36. The molecule has 1 heterocycles. The van der Waals surface area contributed by atoms with Crippen molar-refractivity contribution >= 4 is 21.4 Å². The molecular weight excluding hydrogens is 344 g/mol. The molecule has 2 rings (SSSR count). The van der Waals surface area contributed by atoms with Gasteiger partial charge in [-0.2, -0.15) is 0 Å². The van der Waals surface area contributed by atoms with Gasteiger partial charge in [-0.05, 0) is 38.9 Å². The van der Waals surface area contributed by atoms with Crippen molar-refractivity contribution in [3.8, 4) is 0 Å². The number of nitrogens with zero attached hydrogens (tertiary/aromatic N) is 3. The molecule has 0 aliphatic carbocycles. The third-order valence-corrected chi connectivity index (χ3v) is 5.75. The SMILES string of the molecule is CCCN1CCN(c2ccc(S(=O)(=O)NC(C)C)cc2[N+](=O)[O-])CC1. The molecule has 1 fully saturated rings. The van der Waals surface area contributed by atoms with Crippen LogP contribution < -0.4 is 9.62 Å². The first kappa shape index (κ1) is 19.6. The van der Waals surface area contributed by atoms with Crippen LogP contribution in [-0.4, -0.2) is 57.0 Å². The van der Waals surface area contributed by atoms with Gasteiger partial charge in [0.25, 0.3) is 5.69 Å². The van der Waals surface area contributed by atoms with Crippen molar-refractivity contribution in [2.45, 2.75) is 38.1 Å². The van der Waals surface area contributed by atoms with Crippen LogP contribution in [0.4, 0.5) is 11.4 Å². The summed E-state index contributed by atoms with van der Waals surface area (Å²) in [7, 11) is -3.76. The topological polar surface area (TPSA) is 95.8 Å². The van der Waals surface area contributed by atoms with Crippen LogP contribution in [-0.2, 0) is 10.0 Å². The fourth-order valence-corrected chi connectivity index (χ4v) is 4.26. The lowest BCUT2D eigenvalue weighted by molar-refractivity contribution is -0.384. The highest BCUT2D eigenvalue weighted by molar-refractivity contribution is 7.89. The molecule has 0 radical (unpaired) electrons. The molecular formula is C16H26N4O4S. The molecule has 1 aliphatic heterocycles. The quantitative estimate of drug-likeness (QED) is 0.581. The fourth-order valence-electron chi connectivity index (χ4n) is 2.99. The highest BCUT2D eigenvalue weighted by Crippen LogP contribution is 2.31. The number of hydrogen-bond acceptors (Lipinski definition) is 6. The summed E-state index contributed by atoms with van der Waals surface area (Å²) in [6, 6.07) is 3.85. The Morgan fingerprint density at radius 3 is 2.40 bits per heavy atom. The number of sulfonamides is 1. The number of rotatable bonds is 7. The number of piperazine rings is 1. The Hall–Kier alpha value is -1.71. The molecule has 0 spiro atoms. The molecule has 9 heteroatoms. The van der Waals surface area contributed by atoms with Gasteiger partial charge in [0.2, 0.25) is 10.0 Å². The van der Waals surface area contributed by atoms with E-state index in [2.05, 4.69) is 16.5 Å². The largest absolute Gasteiger partial charge is 0.363 e. The molecule has 8 nitrogen and oxygen atoms in total. The first-order chi connectivity index (χ1) is 11.7. The van der Waals surface area contributed by atoms with E-state index in [0.29, 0.717) is 18.8 Å². The molecule has 0 bridgehead atoms. The fraction of sp³-hybridized carbons (Fsp3) is 0.625. The number of benzene rings is 1. The Balaban J connectivity index is 2.27. The normalized spacial score (nSPS) is 16.4. The van der Waals surface area contributed by atoms with Gasteiger partial charge in [0, 0.05) is 38.3 Å². The van der Waals surface area contributed by atoms with Crippen molar-refractivity contribution in [2.75, 3.05) is 37.6 Å². The molecule has 0 unspecified atom stereocenters. The summed E-state index contributed by atoms with van der Waals surface area (Å²) >= 11 is 0. The summed E-state index contributed by atoms with van der Waals surface area (Å²) in [6.45, 7) is 9.63. The molecule has 1 aromatic rings. The van der Waals surface area contributed by atoms with Gasteiger partial charge in [0.05, 0.1) is 9.82 Å². The van der Waals surface area contributed by atoms with Crippen molar-refractivity contribution in [2.24, 2.45) is 0 Å². The number of hydrogen-bond donors (Lipinski definition) is 1. The number of anilines is 1. The lowest BCUT2D eigenvalue weighted by atomic mass is 10.2. The average molecular weight is 370 g/mol. The minimum atomic E-state index is -3.76. The van der Waals surface area contributed by atoms with E-state index in [9.17, 15) is 18.5 Å². The van der Waals surface area contributed by atoms with Gasteiger partial charge >= 0.3 is 0 Å². The van der Waals surface area contributed by atoms with Crippen LogP contribution in [0, 0.1) is 10.1 Å². The van der Waals surface area contributed by atoms with Gasteiger partial charge in [-0.25, -0.2) is 13.1 Å². The van der Waals surface area contributed by atoms with Crippen LogP contribution in [0.15, 0.2) is 23.1 Å². The molecule has 25 heavy (non-hydrogen) atoms. The summed E-state index contributed by atoms with van der Waals surface area (Å²) in [6.07, 6.45) is 1.08. The van der Waals surface area contributed by atoms with Crippen LogP contribution >= 0.6 is 0 Å². The van der Waals surface area contributed by atoms with Gasteiger partial charge in [-0.3, -0.25) is 15.0 Å². The minimum Gasteiger partial charge on any atom is -0.363 e. The second kappa shape index (κ2) is 8.11. The first-order valence-corrected chi connectivity index (χ1v) is 10.0. The van der Waals surface area contributed by atoms with Gasteiger partial charge in [-0.15, -0.1) is 0 Å². The second-order valence-electron chi connectivity index (χ2n) is 6.51. The van der Waals surface area contributed by atoms with E-state index in [1.165, 1.54) is 6.07 Å². The van der Waals surface area contributed by atoms with Gasteiger partial charge in [-0.1, -0.05) is 6.92 Å². The van der Waals surface area contributed by atoms with Crippen LogP contribution in [0.1, 0.15) is 27.2 Å². The Morgan fingerprint density at radius 2 is 1.88 bits per heavy atom. The van der Waals surface area contributed by atoms with Crippen molar-refractivity contribution < 1.29 is 13.3 Å². The lowest BCUT2D eigenvalue weighted by Crippen LogP contribution is -2.46. The minimum absolute atomic E-state index is 0.0822. The van der Waals surface area contributed by atoms with Crippen molar-refractivity contribution in [3.05, 3.63) is 28.3 Å². The maximum atomic E-state index is 12.3. The Labute approximate surface area is 149 Å². The lowest BCUT2D eigenvalue weighted by Gasteiger charge is -2.35. The predicted octanol–water partition coefficient (Wildman–Crippen LogP) is 1.81. The zero-order valence-electron chi connectivity index (χ0n) is 14.9. The van der Waals surface area contributed by atoms with Crippen LogP contribution in [0.25, 0.3) is 0 Å². The second-order valence-corrected chi connectivity index (χ2v) is 8.23. The number of nitro benzene ring substituents is 1. The molecule has 1 aliphatic rings. The summed E-state index contributed by atoms with van der Waals surface area (Å²) in [5, 5.41) is 11.5. The molecule has 140 valence electrons. The van der Waals surface area contributed by atoms with E-state index in [4.69, 9.17) is 0 Å². The maximum Gasteiger partial charge on any atom is 0.293 e. The molecule has 0 atom stereocenters. The van der Waals surface area contributed by atoms with E-state index in [1.54, 1.807) is 19.9 Å². The van der Waals surface area contributed by atoms with Crippen molar-refractivity contribution in [1.82, 2.24) is 9.62 Å². The predicted molar refractivity (Wildman–Crippen MR) is 97.5 cm³/mol. The monoisotopic (exact) mass is 370 g/mol. The highest BCUT2D eigenvalue weighted by atomic mass is 32.2. The Bertz CT molecular complexity index is 713. The zero-order chi connectivity index (χ0) is 18.6. The van der Waals surface area contributed by atoms with Gasteiger partial charge < -0.3 is 4.90 Å². The zero-order valence-corrected chi connectivity index (χ0v) is 15.8. The van der Waals surface area contributed by atoms with E-state index in [-0.39, 0.29) is 16.6 Å². The molecule has 1 N–H and O–H groups in total. The summed E-state index contributed by atoms with van der Waals surface area (Å²) in [5.41, 5.74) is 0.306. The van der Waals surface area contributed by atoms with E-state index < -0.39 is 14.9 Å². The summed E-state index contributed by atoms with van der Waals surface area (Å²) in [5.74, 6) is 0.